The minimum absolute atomic E-state index is 0.453. The van der Waals surface area contributed by atoms with Gasteiger partial charge in [0.15, 0.2) is 0 Å². The SMILES string of the molecule is NC(=O)c1ccc2c(c1)ncn2-c1ccc2nc[nH]c2c1. The average Bonchev–Trinajstić information content (AvgIpc) is 3.12. The number of nitrogens with zero attached hydrogens (tertiary/aromatic N) is 3. The van der Waals surface area contributed by atoms with Crippen LogP contribution in [0.15, 0.2) is 49.1 Å². The summed E-state index contributed by atoms with van der Waals surface area (Å²) in [5, 5.41) is 0. The Morgan fingerprint density at radius 3 is 2.86 bits per heavy atom. The number of carbonyl (C=O) groups excluding carboxylic acids is 1. The fraction of sp³-hybridized carbons (Fsp3) is 0. The van der Waals surface area contributed by atoms with E-state index in [0.29, 0.717) is 5.56 Å². The van der Waals surface area contributed by atoms with Crippen LogP contribution in [0.25, 0.3) is 27.8 Å². The average molecular weight is 277 g/mol. The lowest BCUT2D eigenvalue weighted by atomic mass is 10.2. The normalized spacial score (nSPS) is 11.2. The van der Waals surface area contributed by atoms with E-state index in [1.165, 1.54) is 0 Å². The van der Waals surface area contributed by atoms with Crippen molar-refractivity contribution in [2.75, 3.05) is 0 Å². The third kappa shape index (κ3) is 1.77. The van der Waals surface area contributed by atoms with Gasteiger partial charge in [-0.3, -0.25) is 9.36 Å². The lowest BCUT2D eigenvalue weighted by Crippen LogP contribution is -2.10. The van der Waals surface area contributed by atoms with Gasteiger partial charge in [0.2, 0.25) is 5.91 Å². The van der Waals surface area contributed by atoms with Crippen molar-refractivity contribution in [2.24, 2.45) is 5.73 Å². The van der Waals surface area contributed by atoms with E-state index >= 15 is 0 Å². The third-order valence-corrected chi connectivity index (χ3v) is 3.51. The Morgan fingerprint density at radius 1 is 1.10 bits per heavy atom. The van der Waals surface area contributed by atoms with Crippen LogP contribution in [0.1, 0.15) is 10.4 Å². The molecule has 0 aliphatic rings. The van der Waals surface area contributed by atoms with Gasteiger partial charge < -0.3 is 10.7 Å². The quantitative estimate of drug-likeness (QED) is 0.587. The Bertz CT molecular complexity index is 982. The van der Waals surface area contributed by atoms with E-state index in [9.17, 15) is 4.79 Å². The molecule has 1 amide bonds. The van der Waals surface area contributed by atoms with Gasteiger partial charge in [-0.15, -0.1) is 0 Å². The molecule has 0 saturated heterocycles. The van der Waals surface area contributed by atoms with Crippen LogP contribution in [0.4, 0.5) is 0 Å². The number of H-pyrrole nitrogens is 1. The summed E-state index contributed by atoms with van der Waals surface area (Å²) >= 11 is 0. The number of nitrogens with one attached hydrogen (secondary N) is 1. The van der Waals surface area contributed by atoms with Crippen molar-refractivity contribution >= 4 is 28.0 Å². The third-order valence-electron chi connectivity index (χ3n) is 3.51. The highest BCUT2D eigenvalue weighted by Gasteiger charge is 2.08. The van der Waals surface area contributed by atoms with Gasteiger partial charge in [-0.25, -0.2) is 9.97 Å². The molecule has 2 aromatic carbocycles. The van der Waals surface area contributed by atoms with Crippen LogP contribution < -0.4 is 5.73 Å². The second-order valence-corrected chi connectivity index (χ2v) is 4.79. The first-order chi connectivity index (χ1) is 10.2. The maximum absolute atomic E-state index is 11.2. The van der Waals surface area contributed by atoms with Crippen LogP contribution in [-0.2, 0) is 0 Å². The van der Waals surface area contributed by atoms with Gasteiger partial charge in [-0.1, -0.05) is 0 Å². The number of primary amides is 1. The van der Waals surface area contributed by atoms with E-state index in [0.717, 1.165) is 27.8 Å². The first kappa shape index (κ1) is 11.7. The lowest BCUT2D eigenvalue weighted by Gasteiger charge is -2.04. The topological polar surface area (TPSA) is 89.6 Å². The molecule has 4 rings (SSSR count). The molecule has 0 saturated carbocycles. The van der Waals surface area contributed by atoms with E-state index in [1.54, 1.807) is 24.8 Å². The summed E-state index contributed by atoms with van der Waals surface area (Å²) in [6.07, 6.45) is 3.40. The molecule has 2 heterocycles. The molecule has 4 aromatic rings. The fourth-order valence-corrected chi connectivity index (χ4v) is 2.45. The smallest absolute Gasteiger partial charge is 0.248 e. The predicted molar refractivity (Wildman–Crippen MR) is 79.2 cm³/mol. The Kier molecular flexibility index (Phi) is 2.32. The summed E-state index contributed by atoms with van der Waals surface area (Å²) < 4.78 is 1.96. The number of benzene rings is 2. The Morgan fingerprint density at radius 2 is 2.00 bits per heavy atom. The van der Waals surface area contributed by atoms with Crippen LogP contribution in [-0.4, -0.2) is 25.4 Å². The molecule has 0 atom stereocenters. The van der Waals surface area contributed by atoms with Gasteiger partial charge in [0.25, 0.3) is 0 Å². The number of hydrogen-bond acceptors (Lipinski definition) is 3. The Balaban J connectivity index is 1.91. The van der Waals surface area contributed by atoms with Crippen molar-refractivity contribution in [2.45, 2.75) is 0 Å². The number of rotatable bonds is 2. The van der Waals surface area contributed by atoms with Crippen molar-refractivity contribution in [1.82, 2.24) is 19.5 Å². The molecule has 2 aromatic heterocycles. The van der Waals surface area contributed by atoms with E-state index in [-0.39, 0.29) is 0 Å². The molecule has 0 fully saturated rings. The van der Waals surface area contributed by atoms with Crippen molar-refractivity contribution < 1.29 is 4.79 Å². The summed E-state index contributed by atoms with van der Waals surface area (Å²) in [6.45, 7) is 0. The summed E-state index contributed by atoms with van der Waals surface area (Å²) in [5.41, 5.74) is 10.2. The number of hydrogen-bond donors (Lipinski definition) is 2. The fourth-order valence-electron chi connectivity index (χ4n) is 2.45. The number of imidazole rings is 2. The number of aromatic nitrogens is 4. The van der Waals surface area contributed by atoms with E-state index < -0.39 is 5.91 Å². The van der Waals surface area contributed by atoms with Gasteiger partial charge >= 0.3 is 0 Å². The maximum atomic E-state index is 11.2. The zero-order valence-electron chi connectivity index (χ0n) is 10.9. The summed E-state index contributed by atoms with van der Waals surface area (Å²) in [6, 6.07) is 11.2. The number of nitrogens with two attached hydrogens (primary N) is 1. The molecular formula is C15H11N5O. The largest absolute Gasteiger partial charge is 0.366 e. The molecule has 6 nitrogen and oxygen atoms in total. The molecule has 0 bridgehead atoms. The molecular weight excluding hydrogens is 266 g/mol. The highest BCUT2D eigenvalue weighted by Crippen LogP contribution is 2.21. The van der Waals surface area contributed by atoms with Crippen LogP contribution in [0.3, 0.4) is 0 Å². The number of fused-ring (bicyclic) bond motifs is 2. The van der Waals surface area contributed by atoms with E-state index in [4.69, 9.17) is 5.73 Å². The van der Waals surface area contributed by atoms with Crippen LogP contribution in [0.2, 0.25) is 0 Å². The second-order valence-electron chi connectivity index (χ2n) is 4.79. The highest BCUT2D eigenvalue weighted by atomic mass is 16.1. The van der Waals surface area contributed by atoms with Crippen LogP contribution in [0.5, 0.6) is 0 Å². The molecule has 3 N–H and O–H groups in total. The molecule has 0 aliphatic carbocycles. The second kappa shape index (κ2) is 4.17. The molecule has 6 heteroatoms. The zero-order valence-corrected chi connectivity index (χ0v) is 10.9. The number of carbonyl (C=O) groups is 1. The van der Waals surface area contributed by atoms with E-state index in [2.05, 4.69) is 15.0 Å². The molecule has 0 radical (unpaired) electrons. The van der Waals surface area contributed by atoms with Gasteiger partial charge in [-0.2, -0.15) is 0 Å². The van der Waals surface area contributed by atoms with Crippen LogP contribution >= 0.6 is 0 Å². The molecule has 102 valence electrons. The predicted octanol–water partition coefficient (Wildman–Crippen LogP) is 2.00. The monoisotopic (exact) mass is 277 g/mol. The highest BCUT2D eigenvalue weighted by molar-refractivity contribution is 5.96. The molecule has 0 aliphatic heterocycles. The van der Waals surface area contributed by atoms with Crippen LogP contribution in [0, 0.1) is 0 Å². The number of amides is 1. The molecule has 21 heavy (non-hydrogen) atoms. The van der Waals surface area contributed by atoms with Crippen molar-refractivity contribution in [3.05, 3.63) is 54.6 Å². The lowest BCUT2D eigenvalue weighted by molar-refractivity contribution is 0.100. The van der Waals surface area contributed by atoms with Gasteiger partial charge in [0, 0.05) is 11.3 Å². The Hall–Kier alpha value is -3.15. The summed E-state index contributed by atoms with van der Waals surface area (Å²) in [4.78, 5) is 22.8. The Labute approximate surface area is 119 Å². The minimum Gasteiger partial charge on any atom is -0.366 e. The van der Waals surface area contributed by atoms with E-state index in [1.807, 2.05) is 28.8 Å². The maximum Gasteiger partial charge on any atom is 0.248 e. The zero-order chi connectivity index (χ0) is 14.4. The van der Waals surface area contributed by atoms with Gasteiger partial charge in [-0.05, 0) is 36.4 Å². The number of aromatic amines is 1. The first-order valence-corrected chi connectivity index (χ1v) is 6.43. The summed E-state index contributed by atoms with van der Waals surface area (Å²) in [5.74, 6) is -0.453. The summed E-state index contributed by atoms with van der Waals surface area (Å²) in [7, 11) is 0. The van der Waals surface area contributed by atoms with Crippen molar-refractivity contribution in [3.63, 3.8) is 0 Å². The van der Waals surface area contributed by atoms with Crippen molar-refractivity contribution in [3.8, 4) is 5.69 Å². The van der Waals surface area contributed by atoms with Crippen molar-refractivity contribution in [1.29, 1.82) is 0 Å². The molecule has 0 unspecified atom stereocenters. The molecule has 0 spiro atoms. The first-order valence-electron chi connectivity index (χ1n) is 6.43. The standard InChI is InChI=1S/C15H11N5O/c16-15(21)9-1-4-14-13(5-9)19-8-20(14)10-2-3-11-12(6-10)18-7-17-11/h1-8H,(H2,16,21)(H,17,18). The minimum atomic E-state index is -0.453. The van der Waals surface area contributed by atoms with Gasteiger partial charge in [0.1, 0.15) is 6.33 Å². The van der Waals surface area contributed by atoms with Gasteiger partial charge in [0.05, 0.1) is 28.4 Å².